The first-order chi connectivity index (χ1) is 17.8. The Balaban J connectivity index is 1.50. The number of aromatic nitrogens is 1. The third-order valence-electron chi connectivity index (χ3n) is 5.54. The van der Waals surface area contributed by atoms with Gasteiger partial charge < -0.3 is 19.5 Å². The molecule has 0 spiro atoms. The van der Waals surface area contributed by atoms with Crippen LogP contribution in [0.1, 0.15) is 16.1 Å². The summed E-state index contributed by atoms with van der Waals surface area (Å²) in [5.41, 5.74) is 6.31. The number of aliphatic carboxylic acids is 1. The molecule has 190 valence electrons. The number of aliphatic hydroxyl groups is 1. The highest BCUT2D eigenvalue weighted by Gasteiger charge is 2.23. The van der Waals surface area contributed by atoms with E-state index in [4.69, 9.17) is 20.9 Å². The highest BCUT2D eigenvalue weighted by Crippen LogP contribution is 2.29. The van der Waals surface area contributed by atoms with Crippen LogP contribution in [0.5, 0.6) is 5.75 Å². The first-order valence-electron chi connectivity index (χ1n) is 11.3. The lowest BCUT2D eigenvalue weighted by Crippen LogP contribution is -2.47. The van der Waals surface area contributed by atoms with Gasteiger partial charge in [-0.1, -0.05) is 65.3 Å². The van der Waals surface area contributed by atoms with Gasteiger partial charge in [-0.05, 0) is 41.0 Å². The van der Waals surface area contributed by atoms with Crippen LogP contribution in [0, 0.1) is 0 Å². The van der Waals surface area contributed by atoms with E-state index >= 15 is 0 Å². The molecule has 10 heteroatoms. The fraction of sp³-hybridized carbons (Fsp3) is 0.148. The van der Waals surface area contributed by atoms with Gasteiger partial charge in [0, 0.05) is 23.2 Å². The van der Waals surface area contributed by atoms with Crippen molar-refractivity contribution in [3.8, 4) is 28.1 Å². The molecule has 0 bridgehead atoms. The summed E-state index contributed by atoms with van der Waals surface area (Å²) in [5.74, 6) is -1.59. The Bertz CT molecular complexity index is 1390. The molecule has 0 aliphatic heterocycles. The number of nitrogens with zero attached hydrogens (tertiary/aromatic N) is 2. The zero-order valence-electron chi connectivity index (χ0n) is 19.8. The lowest BCUT2D eigenvalue weighted by Gasteiger charge is -2.24. The summed E-state index contributed by atoms with van der Waals surface area (Å²) < 4.78 is 10.6. The fourth-order valence-corrected chi connectivity index (χ4v) is 3.88. The molecule has 1 unspecified atom stereocenters. The van der Waals surface area contributed by atoms with Gasteiger partial charge in [-0.2, -0.15) is 0 Å². The Morgan fingerprint density at radius 2 is 1.81 bits per heavy atom. The van der Waals surface area contributed by atoms with E-state index in [1.165, 1.54) is 18.2 Å². The number of hydrogen-bond donors (Lipinski definition) is 3. The van der Waals surface area contributed by atoms with E-state index in [0.29, 0.717) is 22.0 Å². The zero-order valence-corrected chi connectivity index (χ0v) is 20.6. The van der Waals surface area contributed by atoms with Gasteiger partial charge in [0.15, 0.2) is 6.10 Å². The number of halogens is 1. The summed E-state index contributed by atoms with van der Waals surface area (Å²) in [6.07, 6.45) is -1.72. The van der Waals surface area contributed by atoms with Crippen LogP contribution in [0.3, 0.4) is 0 Å². The van der Waals surface area contributed by atoms with Gasteiger partial charge in [-0.3, -0.25) is 10.2 Å². The highest BCUT2D eigenvalue weighted by atomic mass is 35.5. The van der Waals surface area contributed by atoms with Gasteiger partial charge in [0.25, 0.3) is 0 Å². The molecule has 9 nitrogen and oxygen atoms in total. The number of carboxylic acid groups (broad SMARTS) is 1. The van der Waals surface area contributed by atoms with E-state index in [1.54, 1.807) is 24.3 Å². The topological polar surface area (TPSA) is 125 Å². The first kappa shape index (κ1) is 25.9. The van der Waals surface area contributed by atoms with E-state index in [0.717, 1.165) is 16.7 Å². The fourth-order valence-electron chi connectivity index (χ4n) is 3.69. The summed E-state index contributed by atoms with van der Waals surface area (Å²) in [4.78, 5) is 24.2. The third kappa shape index (κ3) is 6.53. The van der Waals surface area contributed by atoms with Gasteiger partial charge >= 0.3 is 11.9 Å². The average molecular weight is 522 g/mol. The monoisotopic (exact) mass is 521 g/mol. The number of para-hydroxylation sites is 1. The Labute approximate surface area is 217 Å². The van der Waals surface area contributed by atoms with Crippen molar-refractivity contribution in [2.45, 2.75) is 12.6 Å². The molecule has 4 rings (SSSR count). The third-order valence-corrected chi connectivity index (χ3v) is 5.78. The van der Waals surface area contributed by atoms with Crippen LogP contribution in [0.2, 0.25) is 5.02 Å². The van der Waals surface area contributed by atoms with Crippen molar-refractivity contribution in [2.24, 2.45) is 0 Å². The van der Waals surface area contributed by atoms with Crippen molar-refractivity contribution in [3.05, 3.63) is 95.2 Å². The minimum atomic E-state index is -1.72. The Kier molecular flexibility index (Phi) is 8.19. The van der Waals surface area contributed by atoms with Crippen LogP contribution in [-0.4, -0.2) is 52.0 Å². The van der Waals surface area contributed by atoms with Crippen LogP contribution >= 0.6 is 11.6 Å². The minimum Gasteiger partial charge on any atom is -0.496 e. The summed E-state index contributed by atoms with van der Waals surface area (Å²) in [6.45, 7) is -0.232. The molecule has 4 aromatic rings. The molecule has 3 N–H and O–H groups in total. The number of benzene rings is 3. The molecular formula is C27H24ClN3O6. The summed E-state index contributed by atoms with van der Waals surface area (Å²) in [7, 11) is 1.53. The highest BCUT2D eigenvalue weighted by molar-refractivity contribution is 6.30. The molecule has 1 amide bonds. The molecule has 3 aromatic carbocycles. The van der Waals surface area contributed by atoms with Crippen molar-refractivity contribution in [1.29, 1.82) is 0 Å². The Hall–Kier alpha value is -4.18. The predicted octanol–water partition coefficient (Wildman–Crippen LogP) is 4.26. The number of carboxylic acids is 1. The lowest BCUT2D eigenvalue weighted by molar-refractivity contribution is -0.148. The van der Waals surface area contributed by atoms with Crippen LogP contribution in [0.15, 0.2) is 83.4 Å². The molecule has 1 heterocycles. The van der Waals surface area contributed by atoms with Crippen LogP contribution in [0.25, 0.3) is 22.4 Å². The zero-order chi connectivity index (χ0) is 26.4. The maximum Gasteiger partial charge on any atom is 0.333 e. The average Bonchev–Trinajstić information content (AvgIpc) is 3.39. The van der Waals surface area contributed by atoms with E-state index in [1.807, 2.05) is 48.5 Å². The van der Waals surface area contributed by atoms with Crippen molar-refractivity contribution in [2.75, 3.05) is 13.7 Å². The number of methoxy groups -OCH3 is 1. The molecule has 1 aromatic heterocycles. The Morgan fingerprint density at radius 3 is 2.51 bits per heavy atom. The number of carbonyl (C=O) groups excluding carboxylic acids is 1. The largest absolute Gasteiger partial charge is 0.496 e. The second-order valence-corrected chi connectivity index (χ2v) is 8.60. The van der Waals surface area contributed by atoms with E-state index in [9.17, 15) is 19.8 Å². The van der Waals surface area contributed by atoms with E-state index in [-0.39, 0.29) is 18.8 Å². The standard InChI is InChI=1S/C27H24ClN3O6/c1-36-24-8-3-2-7-21(24)22-14-25(37-30-22)26(33)29-31(16-23(32)27(34)35)15-17-9-11-18(12-10-17)19-5-4-6-20(28)13-19/h2-14,23,32H,15-16H2,1H3,(H,29,33)(H,34,35). The predicted molar refractivity (Wildman–Crippen MR) is 137 cm³/mol. The maximum absolute atomic E-state index is 12.9. The van der Waals surface area contributed by atoms with Gasteiger partial charge in [0.05, 0.1) is 13.7 Å². The number of ether oxygens (including phenoxy) is 1. The lowest BCUT2D eigenvalue weighted by atomic mass is 10.0. The van der Waals surface area contributed by atoms with Crippen LogP contribution in [0.4, 0.5) is 0 Å². The Morgan fingerprint density at radius 1 is 1.05 bits per heavy atom. The molecule has 0 aliphatic carbocycles. The van der Waals surface area contributed by atoms with Crippen LogP contribution < -0.4 is 10.2 Å². The second kappa shape index (κ2) is 11.7. The molecule has 37 heavy (non-hydrogen) atoms. The van der Waals surface area contributed by atoms with Crippen molar-refractivity contribution < 1.29 is 29.1 Å². The number of hydrogen-bond acceptors (Lipinski definition) is 7. The van der Waals surface area contributed by atoms with Crippen molar-refractivity contribution >= 4 is 23.5 Å². The number of nitrogens with one attached hydrogen (secondary N) is 1. The maximum atomic E-state index is 12.9. The van der Waals surface area contributed by atoms with E-state index in [2.05, 4.69) is 10.6 Å². The minimum absolute atomic E-state index is 0.0907. The quantitative estimate of drug-likeness (QED) is 0.264. The summed E-state index contributed by atoms with van der Waals surface area (Å²) in [6, 6.07) is 23.5. The summed E-state index contributed by atoms with van der Waals surface area (Å²) in [5, 5.41) is 25.0. The number of aliphatic hydroxyl groups excluding tert-OH is 1. The molecular weight excluding hydrogens is 498 g/mol. The SMILES string of the molecule is COc1ccccc1-c1cc(C(=O)NN(Cc2ccc(-c3cccc(Cl)c3)cc2)CC(O)C(=O)O)on1. The normalized spacial score (nSPS) is 11.8. The molecule has 0 aliphatic rings. The number of carbonyl (C=O) groups is 2. The number of hydrazine groups is 1. The molecule has 0 saturated carbocycles. The second-order valence-electron chi connectivity index (χ2n) is 8.16. The number of amides is 1. The van der Waals surface area contributed by atoms with Gasteiger partial charge in [0.1, 0.15) is 11.4 Å². The molecule has 1 atom stereocenters. The van der Waals surface area contributed by atoms with Gasteiger partial charge in [-0.15, -0.1) is 0 Å². The number of rotatable bonds is 10. The van der Waals surface area contributed by atoms with Crippen molar-refractivity contribution in [3.63, 3.8) is 0 Å². The van der Waals surface area contributed by atoms with Gasteiger partial charge in [-0.25, -0.2) is 9.80 Å². The van der Waals surface area contributed by atoms with Crippen molar-refractivity contribution in [1.82, 2.24) is 15.6 Å². The molecule has 0 fully saturated rings. The smallest absolute Gasteiger partial charge is 0.333 e. The first-order valence-corrected chi connectivity index (χ1v) is 11.6. The van der Waals surface area contributed by atoms with Crippen LogP contribution in [-0.2, 0) is 11.3 Å². The molecule has 0 saturated heterocycles. The summed E-state index contributed by atoms with van der Waals surface area (Å²) >= 11 is 6.08. The van der Waals surface area contributed by atoms with Gasteiger partial charge in [0.2, 0.25) is 5.76 Å². The molecule has 0 radical (unpaired) electrons. The van der Waals surface area contributed by atoms with E-state index < -0.39 is 18.0 Å².